The summed E-state index contributed by atoms with van der Waals surface area (Å²) >= 11 is 0. The van der Waals surface area contributed by atoms with Crippen molar-refractivity contribution in [2.75, 3.05) is 13.1 Å². The molecule has 0 bridgehead atoms. The van der Waals surface area contributed by atoms with Crippen molar-refractivity contribution in [3.05, 3.63) is 59.2 Å². The first kappa shape index (κ1) is 18.6. The third-order valence-corrected chi connectivity index (χ3v) is 5.36. The molecule has 3 aromatic rings. The van der Waals surface area contributed by atoms with Crippen molar-refractivity contribution in [3.8, 4) is 0 Å². The molecule has 1 saturated heterocycles. The van der Waals surface area contributed by atoms with E-state index in [0.717, 1.165) is 37.2 Å². The summed E-state index contributed by atoms with van der Waals surface area (Å²) in [4.78, 5) is 23.5. The normalized spacial score (nSPS) is 17.0. The van der Waals surface area contributed by atoms with E-state index in [-0.39, 0.29) is 18.4 Å². The fourth-order valence-corrected chi connectivity index (χ4v) is 3.89. The molecule has 7 nitrogen and oxygen atoms in total. The second-order valence-electron chi connectivity index (χ2n) is 7.78. The van der Waals surface area contributed by atoms with Gasteiger partial charge in [-0.1, -0.05) is 38.1 Å². The predicted octanol–water partition coefficient (Wildman–Crippen LogP) is 2.44. The number of rotatable bonds is 5. The van der Waals surface area contributed by atoms with Gasteiger partial charge in [-0.05, 0) is 41.9 Å². The Hall–Kier alpha value is -2.80. The molecule has 0 unspecified atom stereocenters. The zero-order chi connectivity index (χ0) is 19.7. The lowest BCUT2D eigenvalue weighted by molar-refractivity contribution is 0.0781. The molecule has 1 aliphatic heterocycles. The molecular formula is C21H25N5O2. The Morgan fingerprint density at radius 2 is 2.11 bits per heavy atom. The summed E-state index contributed by atoms with van der Waals surface area (Å²) in [7, 11) is 0. The molecule has 1 atom stereocenters. The third-order valence-electron chi connectivity index (χ3n) is 5.36. The van der Waals surface area contributed by atoms with Crippen LogP contribution in [0.2, 0.25) is 0 Å². The van der Waals surface area contributed by atoms with Crippen molar-refractivity contribution in [1.82, 2.24) is 24.5 Å². The van der Waals surface area contributed by atoms with E-state index >= 15 is 0 Å². The molecule has 3 heterocycles. The maximum atomic E-state index is 13.1. The van der Waals surface area contributed by atoms with Crippen LogP contribution in [-0.4, -0.2) is 48.6 Å². The lowest BCUT2D eigenvalue weighted by Gasteiger charge is -2.17. The lowest BCUT2D eigenvalue weighted by atomic mass is 9.97. The summed E-state index contributed by atoms with van der Waals surface area (Å²) in [6.07, 6.45) is 3.35. The van der Waals surface area contributed by atoms with E-state index in [4.69, 9.17) is 0 Å². The minimum absolute atomic E-state index is 0.0426. The summed E-state index contributed by atoms with van der Waals surface area (Å²) in [5.74, 6) is 1.05. The maximum absolute atomic E-state index is 13.1. The number of hydrogen-bond donors (Lipinski definition) is 1. The molecule has 0 aliphatic carbocycles. The van der Waals surface area contributed by atoms with Gasteiger partial charge in [0.2, 0.25) is 0 Å². The van der Waals surface area contributed by atoms with Crippen LogP contribution in [0.3, 0.4) is 0 Å². The van der Waals surface area contributed by atoms with Crippen molar-refractivity contribution in [3.63, 3.8) is 0 Å². The van der Waals surface area contributed by atoms with Crippen LogP contribution in [0.25, 0.3) is 5.78 Å². The summed E-state index contributed by atoms with van der Waals surface area (Å²) in [6, 6.07) is 9.86. The van der Waals surface area contributed by atoms with Gasteiger partial charge < -0.3 is 10.0 Å². The highest BCUT2D eigenvalue weighted by Crippen LogP contribution is 2.24. The van der Waals surface area contributed by atoms with Crippen molar-refractivity contribution in [2.45, 2.75) is 39.2 Å². The SMILES string of the molecule is CC(C)c1cc(C(=O)N2CC[C@@H](Cc3cccc(CO)c3)C2)nc2ncnn12. The quantitative estimate of drug-likeness (QED) is 0.736. The average molecular weight is 379 g/mol. The Kier molecular flexibility index (Phi) is 5.09. The van der Waals surface area contributed by atoms with Gasteiger partial charge >= 0.3 is 0 Å². The van der Waals surface area contributed by atoms with Crippen LogP contribution in [0.15, 0.2) is 36.7 Å². The number of amides is 1. The number of hydrogen-bond acceptors (Lipinski definition) is 5. The van der Waals surface area contributed by atoms with Gasteiger partial charge in [-0.25, -0.2) is 9.50 Å². The molecule has 28 heavy (non-hydrogen) atoms. The molecule has 0 radical (unpaired) electrons. The van der Waals surface area contributed by atoms with Gasteiger partial charge in [-0.3, -0.25) is 4.79 Å². The van der Waals surface area contributed by atoms with Crippen molar-refractivity contribution >= 4 is 11.7 Å². The number of fused-ring (bicyclic) bond motifs is 1. The first-order valence-electron chi connectivity index (χ1n) is 9.73. The number of aliphatic hydroxyl groups excluding tert-OH is 1. The molecule has 0 spiro atoms. The number of aliphatic hydroxyl groups is 1. The van der Waals surface area contributed by atoms with Crippen LogP contribution < -0.4 is 0 Å². The number of nitrogens with zero attached hydrogens (tertiary/aromatic N) is 5. The fourth-order valence-electron chi connectivity index (χ4n) is 3.89. The van der Waals surface area contributed by atoms with Crippen molar-refractivity contribution in [1.29, 1.82) is 0 Å². The summed E-state index contributed by atoms with van der Waals surface area (Å²) in [5, 5.41) is 13.5. The van der Waals surface area contributed by atoms with Crippen molar-refractivity contribution in [2.24, 2.45) is 5.92 Å². The summed E-state index contributed by atoms with van der Waals surface area (Å²) < 4.78 is 1.70. The van der Waals surface area contributed by atoms with Gasteiger partial charge in [-0.15, -0.1) is 0 Å². The van der Waals surface area contributed by atoms with Crippen LogP contribution in [0.4, 0.5) is 0 Å². The van der Waals surface area contributed by atoms with Crippen LogP contribution >= 0.6 is 0 Å². The second kappa shape index (κ2) is 7.67. The molecule has 1 aromatic carbocycles. The van der Waals surface area contributed by atoms with Gasteiger partial charge in [0, 0.05) is 13.1 Å². The zero-order valence-corrected chi connectivity index (χ0v) is 16.2. The van der Waals surface area contributed by atoms with Crippen LogP contribution in [-0.2, 0) is 13.0 Å². The molecule has 7 heteroatoms. The van der Waals surface area contributed by atoms with E-state index in [1.165, 1.54) is 11.9 Å². The van der Waals surface area contributed by atoms with E-state index in [1.54, 1.807) is 4.52 Å². The highest BCUT2D eigenvalue weighted by Gasteiger charge is 2.28. The Labute approximate surface area is 164 Å². The molecule has 2 aromatic heterocycles. The zero-order valence-electron chi connectivity index (χ0n) is 16.2. The van der Waals surface area contributed by atoms with Gasteiger partial charge in [-0.2, -0.15) is 10.1 Å². The van der Waals surface area contributed by atoms with E-state index in [0.29, 0.717) is 17.4 Å². The minimum Gasteiger partial charge on any atom is -0.392 e. The van der Waals surface area contributed by atoms with E-state index in [2.05, 4.69) is 35.0 Å². The lowest BCUT2D eigenvalue weighted by Crippen LogP contribution is -2.30. The van der Waals surface area contributed by atoms with Crippen LogP contribution in [0.5, 0.6) is 0 Å². The molecule has 4 rings (SSSR count). The average Bonchev–Trinajstić information content (AvgIpc) is 3.36. The highest BCUT2D eigenvalue weighted by atomic mass is 16.3. The number of likely N-dealkylation sites (tertiary alicyclic amines) is 1. The Balaban J connectivity index is 1.49. The van der Waals surface area contributed by atoms with Crippen molar-refractivity contribution < 1.29 is 9.90 Å². The number of carbonyl (C=O) groups excluding carboxylic acids is 1. The molecular weight excluding hydrogens is 354 g/mol. The van der Waals surface area contributed by atoms with Gasteiger partial charge in [0.1, 0.15) is 12.0 Å². The van der Waals surface area contributed by atoms with E-state index in [9.17, 15) is 9.90 Å². The molecule has 146 valence electrons. The van der Waals surface area contributed by atoms with Gasteiger partial charge in [0.25, 0.3) is 11.7 Å². The number of benzene rings is 1. The third kappa shape index (κ3) is 3.62. The molecule has 1 fully saturated rings. The predicted molar refractivity (Wildman–Crippen MR) is 105 cm³/mol. The Morgan fingerprint density at radius 3 is 2.89 bits per heavy atom. The molecule has 1 N–H and O–H groups in total. The fraction of sp³-hybridized carbons (Fsp3) is 0.429. The molecule has 1 amide bonds. The van der Waals surface area contributed by atoms with Crippen LogP contribution in [0.1, 0.15) is 53.5 Å². The molecule has 0 saturated carbocycles. The second-order valence-corrected chi connectivity index (χ2v) is 7.78. The van der Waals surface area contributed by atoms with Crippen LogP contribution in [0, 0.1) is 5.92 Å². The summed E-state index contributed by atoms with van der Waals surface area (Å²) in [6.45, 7) is 5.64. The largest absolute Gasteiger partial charge is 0.392 e. The smallest absolute Gasteiger partial charge is 0.272 e. The minimum atomic E-state index is -0.0426. The van der Waals surface area contributed by atoms with Gasteiger partial charge in [0.15, 0.2) is 0 Å². The Bertz CT molecular complexity index is 997. The number of aromatic nitrogens is 4. The first-order chi connectivity index (χ1) is 13.5. The van der Waals surface area contributed by atoms with Gasteiger partial charge in [0.05, 0.1) is 12.3 Å². The Morgan fingerprint density at radius 1 is 1.29 bits per heavy atom. The maximum Gasteiger partial charge on any atom is 0.272 e. The molecule has 1 aliphatic rings. The standard InChI is InChI=1S/C21H25N5O2/c1-14(2)19-10-18(24-21-22-13-23-26(19)21)20(28)25-7-6-16(11-25)8-15-4-3-5-17(9-15)12-27/h3-5,9-10,13-14,16,27H,6-8,11-12H2,1-2H3/t16-/m0/s1. The monoisotopic (exact) mass is 379 g/mol. The topological polar surface area (TPSA) is 83.6 Å². The highest BCUT2D eigenvalue weighted by molar-refractivity contribution is 5.93. The first-order valence-corrected chi connectivity index (χ1v) is 9.73. The van der Waals surface area contributed by atoms with E-state index in [1.807, 2.05) is 29.2 Å². The summed E-state index contributed by atoms with van der Waals surface area (Å²) in [5.41, 5.74) is 3.50. The number of carbonyl (C=O) groups is 1. The van der Waals surface area contributed by atoms with E-state index < -0.39 is 0 Å².